The van der Waals surface area contributed by atoms with Crippen LogP contribution in [0.25, 0.3) is 11.4 Å². The molecule has 5 heteroatoms. The van der Waals surface area contributed by atoms with Gasteiger partial charge in [0.05, 0.1) is 16.8 Å². The van der Waals surface area contributed by atoms with Gasteiger partial charge in [0, 0.05) is 12.7 Å². The zero-order chi connectivity index (χ0) is 22.4. The van der Waals surface area contributed by atoms with Gasteiger partial charge in [0.1, 0.15) is 5.69 Å². The van der Waals surface area contributed by atoms with Gasteiger partial charge in [0.15, 0.2) is 0 Å². The number of rotatable bonds is 4. The highest BCUT2D eigenvalue weighted by atomic mass is 16.2. The lowest BCUT2D eigenvalue weighted by atomic mass is 9.74. The number of amides is 1. The van der Waals surface area contributed by atoms with Gasteiger partial charge in [0.25, 0.3) is 0 Å². The summed E-state index contributed by atoms with van der Waals surface area (Å²) in [4.78, 5) is 18.0. The maximum absolute atomic E-state index is 13.5. The lowest BCUT2D eigenvalue weighted by Crippen LogP contribution is -2.43. The minimum atomic E-state index is -0.411. The van der Waals surface area contributed by atoms with Crippen LogP contribution in [-0.2, 0) is 17.6 Å². The van der Waals surface area contributed by atoms with Crippen molar-refractivity contribution in [2.24, 2.45) is 11.3 Å². The molecule has 0 spiro atoms. The molecule has 1 N–H and O–H groups in total. The first kappa shape index (κ1) is 22.9. The molecule has 5 nitrogen and oxygen atoms in total. The van der Waals surface area contributed by atoms with E-state index in [1.165, 1.54) is 56.1 Å². The minimum absolute atomic E-state index is 0.211. The maximum Gasteiger partial charge on any atom is 0.226 e. The van der Waals surface area contributed by atoms with Crippen LogP contribution in [-0.4, -0.2) is 27.6 Å². The van der Waals surface area contributed by atoms with Crippen molar-refractivity contribution < 1.29 is 4.79 Å². The first-order valence-electron chi connectivity index (χ1n) is 12.6. The molecular formula is C27H38N4O. The molecule has 32 heavy (non-hydrogen) atoms. The number of fused-ring (bicyclic) bond motifs is 1. The lowest BCUT2D eigenvalue weighted by molar-refractivity contribution is -0.131. The minimum Gasteiger partial charge on any atom is -0.355 e. The monoisotopic (exact) mass is 434 g/mol. The molecule has 2 heterocycles. The summed E-state index contributed by atoms with van der Waals surface area (Å²) in [5, 5.41) is 12.4. The quantitative estimate of drug-likeness (QED) is 0.680. The van der Waals surface area contributed by atoms with Crippen LogP contribution in [0.3, 0.4) is 0 Å². The standard InChI is InChI=1S/C27H38N4O/c1-20-23-18-27(2,26(32)29-19-21-12-6-4-3-5-7-13-21)16-10-8-14-22(23)25(31-30-20)24-15-9-11-17-28-24/h9,11,15,17,21H,3-8,10,12-14,16,18-19H2,1-2H3,(H,29,32). The zero-order valence-electron chi connectivity index (χ0n) is 19.8. The second-order valence-electron chi connectivity index (χ2n) is 10.2. The molecule has 1 atom stereocenters. The summed E-state index contributed by atoms with van der Waals surface area (Å²) in [5.41, 5.74) is 4.71. The fourth-order valence-corrected chi connectivity index (χ4v) is 5.50. The average molecular weight is 435 g/mol. The topological polar surface area (TPSA) is 67.8 Å². The fourth-order valence-electron chi connectivity index (χ4n) is 5.50. The number of nitrogens with zero attached hydrogens (tertiary/aromatic N) is 3. The van der Waals surface area contributed by atoms with Crippen molar-refractivity contribution in [2.75, 3.05) is 6.54 Å². The van der Waals surface area contributed by atoms with Crippen LogP contribution in [0, 0.1) is 18.3 Å². The Bertz CT molecular complexity index is 905. The Morgan fingerprint density at radius 2 is 1.81 bits per heavy atom. The highest BCUT2D eigenvalue weighted by molar-refractivity contribution is 5.82. The molecule has 1 fully saturated rings. The van der Waals surface area contributed by atoms with Crippen LogP contribution in [0.4, 0.5) is 0 Å². The van der Waals surface area contributed by atoms with Crippen molar-refractivity contribution in [3.05, 3.63) is 41.2 Å². The number of carbonyl (C=O) groups excluding carboxylic acids is 1. The highest BCUT2D eigenvalue weighted by Crippen LogP contribution is 2.37. The maximum atomic E-state index is 13.5. The molecule has 0 aliphatic heterocycles. The molecule has 2 aliphatic rings. The summed E-state index contributed by atoms with van der Waals surface area (Å²) in [7, 11) is 0. The Morgan fingerprint density at radius 3 is 2.56 bits per heavy atom. The van der Waals surface area contributed by atoms with Crippen molar-refractivity contribution in [3.63, 3.8) is 0 Å². The fraction of sp³-hybridized carbons (Fsp3) is 0.630. The van der Waals surface area contributed by atoms with Gasteiger partial charge in [-0.25, -0.2) is 0 Å². The molecule has 0 saturated heterocycles. The third-order valence-electron chi connectivity index (χ3n) is 7.59. The second kappa shape index (κ2) is 10.5. The molecule has 2 aromatic rings. The Morgan fingerprint density at radius 1 is 1.03 bits per heavy atom. The number of hydrogen-bond donors (Lipinski definition) is 1. The number of aryl methyl sites for hydroxylation is 1. The van der Waals surface area contributed by atoms with Gasteiger partial charge in [-0.15, -0.1) is 5.10 Å². The highest BCUT2D eigenvalue weighted by Gasteiger charge is 2.36. The number of nitrogens with one attached hydrogen (secondary N) is 1. The lowest BCUT2D eigenvalue weighted by Gasteiger charge is -2.33. The molecule has 0 radical (unpaired) electrons. The van der Waals surface area contributed by atoms with Gasteiger partial charge in [0.2, 0.25) is 5.91 Å². The van der Waals surface area contributed by atoms with Crippen molar-refractivity contribution in [3.8, 4) is 11.4 Å². The van der Waals surface area contributed by atoms with E-state index in [9.17, 15) is 4.79 Å². The van der Waals surface area contributed by atoms with E-state index in [0.717, 1.165) is 55.7 Å². The molecular weight excluding hydrogens is 396 g/mol. The Labute approximate surface area is 192 Å². The number of carbonyl (C=O) groups is 1. The van der Waals surface area contributed by atoms with Crippen molar-refractivity contribution in [1.29, 1.82) is 0 Å². The van der Waals surface area contributed by atoms with Crippen LogP contribution < -0.4 is 5.32 Å². The predicted octanol–water partition coefficient (Wildman–Crippen LogP) is 5.60. The Hall–Kier alpha value is -2.30. The summed E-state index contributed by atoms with van der Waals surface area (Å²) < 4.78 is 0. The van der Waals surface area contributed by atoms with E-state index in [1.54, 1.807) is 6.20 Å². The van der Waals surface area contributed by atoms with Gasteiger partial charge in [-0.3, -0.25) is 9.78 Å². The summed E-state index contributed by atoms with van der Waals surface area (Å²) in [5.74, 6) is 0.843. The van der Waals surface area contributed by atoms with Crippen LogP contribution in [0.1, 0.15) is 88.0 Å². The van der Waals surface area contributed by atoms with E-state index in [-0.39, 0.29) is 5.91 Å². The normalized spacial score (nSPS) is 22.7. The summed E-state index contributed by atoms with van der Waals surface area (Å²) in [6.45, 7) is 5.01. The summed E-state index contributed by atoms with van der Waals surface area (Å²) in [6.07, 6.45) is 15.7. The van der Waals surface area contributed by atoms with E-state index in [1.807, 2.05) is 25.1 Å². The molecule has 172 valence electrons. The van der Waals surface area contributed by atoms with Crippen molar-refractivity contribution >= 4 is 5.91 Å². The van der Waals surface area contributed by atoms with E-state index in [4.69, 9.17) is 0 Å². The van der Waals surface area contributed by atoms with Crippen LogP contribution in [0.15, 0.2) is 24.4 Å². The number of pyridine rings is 1. The van der Waals surface area contributed by atoms with E-state index in [2.05, 4.69) is 27.4 Å². The molecule has 1 unspecified atom stereocenters. The molecule has 2 aromatic heterocycles. The largest absolute Gasteiger partial charge is 0.355 e. The van der Waals surface area contributed by atoms with Gasteiger partial charge in [-0.2, -0.15) is 5.10 Å². The van der Waals surface area contributed by atoms with Crippen molar-refractivity contribution in [1.82, 2.24) is 20.5 Å². The molecule has 4 rings (SSSR count). The third-order valence-corrected chi connectivity index (χ3v) is 7.59. The second-order valence-corrected chi connectivity index (χ2v) is 10.2. The van der Waals surface area contributed by atoms with Crippen LogP contribution in [0.2, 0.25) is 0 Å². The van der Waals surface area contributed by atoms with Gasteiger partial charge in [-0.05, 0) is 74.6 Å². The Kier molecular flexibility index (Phi) is 7.54. The summed E-state index contributed by atoms with van der Waals surface area (Å²) in [6, 6.07) is 5.91. The predicted molar refractivity (Wildman–Crippen MR) is 128 cm³/mol. The van der Waals surface area contributed by atoms with E-state index in [0.29, 0.717) is 5.92 Å². The first-order chi connectivity index (χ1) is 15.6. The number of aromatic nitrogens is 3. The Balaban J connectivity index is 1.54. The van der Waals surface area contributed by atoms with E-state index < -0.39 is 5.41 Å². The molecule has 1 saturated carbocycles. The molecule has 0 bridgehead atoms. The third kappa shape index (κ3) is 5.36. The summed E-state index contributed by atoms with van der Waals surface area (Å²) >= 11 is 0. The van der Waals surface area contributed by atoms with Gasteiger partial charge >= 0.3 is 0 Å². The zero-order valence-corrected chi connectivity index (χ0v) is 19.8. The van der Waals surface area contributed by atoms with Crippen molar-refractivity contribution in [2.45, 2.75) is 90.9 Å². The van der Waals surface area contributed by atoms with E-state index >= 15 is 0 Å². The molecule has 0 aromatic carbocycles. The SMILES string of the molecule is Cc1nnc(-c2ccccn2)c2c1CC(C)(C(=O)NCC1CCCCCCC1)CCCC2. The smallest absolute Gasteiger partial charge is 0.226 e. The van der Waals surface area contributed by atoms with Crippen LogP contribution >= 0.6 is 0 Å². The number of hydrogen-bond acceptors (Lipinski definition) is 4. The first-order valence-corrected chi connectivity index (χ1v) is 12.6. The van der Waals surface area contributed by atoms with Gasteiger partial charge < -0.3 is 5.32 Å². The molecule has 1 amide bonds. The van der Waals surface area contributed by atoms with Crippen LogP contribution in [0.5, 0.6) is 0 Å². The average Bonchev–Trinajstić information content (AvgIpc) is 2.77. The molecule has 2 aliphatic carbocycles. The van der Waals surface area contributed by atoms with Gasteiger partial charge in [-0.1, -0.05) is 51.5 Å².